The van der Waals surface area contributed by atoms with Gasteiger partial charge in [0.1, 0.15) is 10.7 Å². The van der Waals surface area contributed by atoms with E-state index in [2.05, 4.69) is 0 Å². The predicted octanol–water partition coefficient (Wildman–Crippen LogP) is 2.79. The summed E-state index contributed by atoms with van der Waals surface area (Å²) in [5.41, 5.74) is -5.60. The van der Waals surface area contributed by atoms with Crippen molar-refractivity contribution in [3.63, 3.8) is 0 Å². The van der Waals surface area contributed by atoms with Crippen molar-refractivity contribution < 1.29 is 34.4 Å². The molecule has 2 rings (SSSR count). The van der Waals surface area contributed by atoms with Gasteiger partial charge in [-0.15, -0.1) is 0 Å². The number of anilines is 1. The van der Waals surface area contributed by atoms with Gasteiger partial charge in [-0.25, -0.2) is 21.2 Å². The van der Waals surface area contributed by atoms with Gasteiger partial charge in [-0.1, -0.05) is 0 Å². The Hall–Kier alpha value is -2.65. The van der Waals surface area contributed by atoms with E-state index >= 15 is 0 Å². The van der Waals surface area contributed by atoms with Crippen molar-refractivity contribution in [2.24, 2.45) is 0 Å². The summed E-state index contributed by atoms with van der Waals surface area (Å²) in [6, 6.07) is 7.81. The Labute approximate surface area is 145 Å². The zero-order chi connectivity index (χ0) is 19.8. The molecule has 0 saturated heterocycles. The lowest BCUT2D eigenvalue weighted by Crippen LogP contribution is -2.25. The normalized spacial score (nSPS) is 12.4. The number of benzene rings is 2. The van der Waals surface area contributed by atoms with Gasteiger partial charge in [-0.2, -0.15) is 18.4 Å². The first-order chi connectivity index (χ1) is 11.9. The minimum atomic E-state index is -6.08. The highest BCUT2D eigenvalue weighted by Gasteiger charge is 2.48. The first-order valence-corrected chi connectivity index (χ1v) is 9.49. The Morgan fingerprint density at radius 3 is 2.04 bits per heavy atom. The fraction of sp³-hybridized carbons (Fsp3) is 0.0714. The van der Waals surface area contributed by atoms with Crippen molar-refractivity contribution in [3.8, 4) is 6.07 Å². The maximum atomic E-state index is 13.6. The lowest BCUT2D eigenvalue weighted by atomic mass is 10.2. The Bertz CT molecular complexity index is 1090. The lowest BCUT2D eigenvalue weighted by Gasteiger charge is -2.12. The molecular weight excluding hydrogens is 400 g/mol. The largest absolute Gasteiger partial charge is 0.502 e. The van der Waals surface area contributed by atoms with Gasteiger partial charge in [0, 0.05) is 5.69 Å². The average molecular weight is 408 g/mol. The summed E-state index contributed by atoms with van der Waals surface area (Å²) in [6.45, 7) is 0. The second kappa shape index (κ2) is 6.58. The molecule has 2 aromatic rings. The summed E-state index contributed by atoms with van der Waals surface area (Å²) in [7, 11) is -10.6. The molecule has 0 heterocycles. The molecule has 0 aliphatic rings. The Morgan fingerprint density at radius 2 is 1.54 bits per heavy atom. The van der Waals surface area contributed by atoms with E-state index < -0.39 is 41.0 Å². The predicted molar refractivity (Wildman–Crippen MR) is 81.6 cm³/mol. The molecule has 138 valence electrons. The first-order valence-electron chi connectivity index (χ1n) is 6.52. The molecule has 0 fully saturated rings. The summed E-state index contributed by atoms with van der Waals surface area (Å²) in [5.74, 6) is -1.74. The van der Waals surface area contributed by atoms with Crippen LogP contribution in [0, 0.1) is 17.1 Å². The molecular formula is C14H8F4N2O4S2. The molecule has 2 aromatic carbocycles. The van der Waals surface area contributed by atoms with Crippen LogP contribution in [0.5, 0.6) is 0 Å². The Kier molecular flexibility index (Phi) is 4.98. The van der Waals surface area contributed by atoms with Crippen LogP contribution in [-0.2, 0) is 19.9 Å². The monoisotopic (exact) mass is 408 g/mol. The number of sulfonamides is 1. The van der Waals surface area contributed by atoms with Crippen LogP contribution >= 0.6 is 0 Å². The number of rotatable bonds is 4. The highest BCUT2D eigenvalue weighted by Crippen LogP contribution is 2.33. The second-order valence-electron chi connectivity index (χ2n) is 4.84. The zero-order valence-electron chi connectivity index (χ0n) is 12.5. The molecule has 6 nitrogen and oxygen atoms in total. The van der Waals surface area contributed by atoms with Crippen LogP contribution in [0.15, 0.2) is 52.3 Å². The van der Waals surface area contributed by atoms with E-state index in [0.717, 1.165) is 0 Å². The summed E-state index contributed by atoms with van der Waals surface area (Å²) in [5, 5.41) is 8.66. The maximum absolute atomic E-state index is 13.6. The second-order valence-corrected chi connectivity index (χ2v) is 8.43. The van der Waals surface area contributed by atoms with E-state index in [4.69, 9.17) is 5.26 Å². The van der Waals surface area contributed by atoms with E-state index in [1.165, 1.54) is 24.3 Å². The first kappa shape index (κ1) is 19.7. The smallest absolute Gasteiger partial charge is 0.280 e. The van der Waals surface area contributed by atoms with Crippen LogP contribution < -0.4 is 4.72 Å². The number of nitriles is 1. The minimum absolute atomic E-state index is 0.0337. The molecule has 0 amide bonds. The molecule has 0 aromatic heterocycles. The Balaban J connectivity index is 2.48. The third-order valence-electron chi connectivity index (χ3n) is 3.07. The molecule has 0 bridgehead atoms. The van der Waals surface area contributed by atoms with Gasteiger partial charge in [0.15, 0.2) is 0 Å². The highest BCUT2D eigenvalue weighted by atomic mass is 32.2. The minimum Gasteiger partial charge on any atom is -0.280 e. The van der Waals surface area contributed by atoms with Crippen molar-refractivity contribution >= 4 is 25.5 Å². The SMILES string of the molecule is N#Cc1ccc(NS(=O)(=O)c2ccc(F)c(S(=O)(=O)C(F)(F)F)c2)cc1. The van der Waals surface area contributed by atoms with Gasteiger partial charge < -0.3 is 0 Å². The van der Waals surface area contributed by atoms with Crippen molar-refractivity contribution in [1.29, 1.82) is 5.26 Å². The molecule has 0 atom stereocenters. The van der Waals surface area contributed by atoms with Crippen LogP contribution in [0.2, 0.25) is 0 Å². The number of hydrogen-bond acceptors (Lipinski definition) is 5. The molecule has 0 aliphatic heterocycles. The number of nitrogens with one attached hydrogen (secondary N) is 1. The van der Waals surface area contributed by atoms with E-state index in [-0.39, 0.29) is 17.3 Å². The maximum Gasteiger partial charge on any atom is 0.502 e. The summed E-state index contributed by atoms with van der Waals surface area (Å²) < 4.78 is 101. The molecule has 0 aliphatic carbocycles. The third kappa shape index (κ3) is 3.78. The number of sulfone groups is 1. The van der Waals surface area contributed by atoms with Gasteiger partial charge in [-0.05, 0) is 42.5 Å². The highest BCUT2D eigenvalue weighted by molar-refractivity contribution is 7.93. The van der Waals surface area contributed by atoms with Crippen LogP contribution in [0.25, 0.3) is 0 Å². The van der Waals surface area contributed by atoms with Crippen LogP contribution in [0.4, 0.5) is 23.2 Å². The number of hydrogen-bond donors (Lipinski definition) is 1. The van der Waals surface area contributed by atoms with Crippen molar-refractivity contribution in [1.82, 2.24) is 0 Å². The fourth-order valence-corrected chi connectivity index (χ4v) is 3.82. The fourth-order valence-electron chi connectivity index (χ4n) is 1.81. The van der Waals surface area contributed by atoms with Gasteiger partial charge in [0.05, 0.1) is 16.5 Å². The van der Waals surface area contributed by atoms with Gasteiger partial charge >= 0.3 is 5.51 Å². The van der Waals surface area contributed by atoms with Crippen molar-refractivity contribution in [2.45, 2.75) is 15.3 Å². The van der Waals surface area contributed by atoms with Gasteiger partial charge in [0.2, 0.25) is 0 Å². The summed E-state index contributed by atoms with van der Waals surface area (Å²) in [6.07, 6.45) is 0. The quantitative estimate of drug-likeness (QED) is 0.784. The van der Waals surface area contributed by atoms with E-state index in [1.54, 1.807) is 6.07 Å². The van der Waals surface area contributed by atoms with Crippen LogP contribution in [-0.4, -0.2) is 22.3 Å². The van der Waals surface area contributed by atoms with Crippen molar-refractivity contribution in [3.05, 3.63) is 53.8 Å². The number of nitrogens with zero attached hydrogens (tertiary/aromatic N) is 1. The number of halogens is 4. The topological polar surface area (TPSA) is 104 Å². The standard InChI is InChI=1S/C14H8F4N2O4S2/c15-12-6-5-11(7-13(12)25(21,22)14(16,17)18)26(23,24)20-10-3-1-9(8-19)2-4-10/h1-7,20H. The average Bonchev–Trinajstić information content (AvgIpc) is 2.54. The number of alkyl halides is 3. The molecule has 26 heavy (non-hydrogen) atoms. The summed E-state index contributed by atoms with van der Waals surface area (Å²) >= 11 is 0. The van der Waals surface area contributed by atoms with Gasteiger partial charge in [0.25, 0.3) is 19.9 Å². The van der Waals surface area contributed by atoms with Crippen molar-refractivity contribution in [2.75, 3.05) is 4.72 Å². The molecule has 0 unspecified atom stereocenters. The Morgan fingerprint density at radius 1 is 0.962 bits per heavy atom. The van der Waals surface area contributed by atoms with E-state index in [1.807, 2.05) is 4.72 Å². The zero-order valence-corrected chi connectivity index (χ0v) is 14.1. The van der Waals surface area contributed by atoms with Gasteiger partial charge in [-0.3, -0.25) is 4.72 Å². The molecule has 12 heteroatoms. The summed E-state index contributed by atoms with van der Waals surface area (Å²) in [4.78, 5) is -2.68. The van der Waals surface area contributed by atoms with E-state index in [0.29, 0.717) is 12.1 Å². The van der Waals surface area contributed by atoms with Crippen LogP contribution in [0.1, 0.15) is 5.56 Å². The molecule has 1 N–H and O–H groups in total. The third-order valence-corrected chi connectivity index (χ3v) is 5.95. The molecule has 0 radical (unpaired) electrons. The molecule has 0 spiro atoms. The van der Waals surface area contributed by atoms with E-state index in [9.17, 15) is 34.4 Å². The lowest BCUT2D eigenvalue weighted by molar-refractivity contribution is -0.0437. The molecule has 0 saturated carbocycles. The van der Waals surface area contributed by atoms with Crippen LogP contribution in [0.3, 0.4) is 0 Å².